The Balaban J connectivity index is 1.97. The van der Waals surface area contributed by atoms with Gasteiger partial charge in [-0.1, -0.05) is 38.5 Å². The van der Waals surface area contributed by atoms with Crippen molar-refractivity contribution in [1.29, 1.82) is 0 Å². The van der Waals surface area contributed by atoms with Crippen LogP contribution in [0.15, 0.2) is 4.99 Å². The smallest absolute Gasteiger partial charge is 0.0633 e. The molecule has 0 amide bonds. The first-order valence-corrected chi connectivity index (χ1v) is 6.39. The largest absolute Gasteiger partial charge is 0.229 e. The van der Waals surface area contributed by atoms with Crippen LogP contribution in [-0.2, 0) is 0 Å². The Hall–Kier alpha value is -0.200. The summed E-state index contributed by atoms with van der Waals surface area (Å²) < 4.78 is 0. The minimum Gasteiger partial charge on any atom is -0.229 e. The van der Waals surface area contributed by atoms with Gasteiger partial charge in [0, 0.05) is 0 Å². The Labute approximate surface area is 92.0 Å². The van der Waals surface area contributed by atoms with Crippen LogP contribution in [0, 0.1) is 11.8 Å². The lowest BCUT2D eigenvalue weighted by atomic mass is 9.78. The number of hydrogen-bond acceptors (Lipinski definition) is 2. The van der Waals surface area contributed by atoms with Crippen LogP contribution >= 0.6 is 12.2 Å². The van der Waals surface area contributed by atoms with Crippen molar-refractivity contribution in [2.45, 2.75) is 57.4 Å². The molecule has 2 atom stereocenters. The van der Waals surface area contributed by atoms with E-state index in [1.165, 1.54) is 51.4 Å². The summed E-state index contributed by atoms with van der Waals surface area (Å²) in [7, 11) is 0. The van der Waals surface area contributed by atoms with Crippen LogP contribution in [0.2, 0.25) is 0 Å². The summed E-state index contributed by atoms with van der Waals surface area (Å²) in [6, 6.07) is 0.524. The van der Waals surface area contributed by atoms with Crippen molar-refractivity contribution >= 4 is 17.4 Å². The molecule has 2 saturated carbocycles. The highest BCUT2D eigenvalue weighted by Crippen LogP contribution is 2.40. The molecular weight excluding hydrogens is 190 g/mol. The number of hydrogen-bond donors (Lipinski definition) is 0. The standard InChI is InChI=1S/C12H19NS/c14-9-13-12-8-4-7-11(12)10-5-2-1-3-6-10/h10-12H,1-8H2/t11-,12-/m0/s1. The summed E-state index contributed by atoms with van der Waals surface area (Å²) in [5.41, 5.74) is 0. The van der Waals surface area contributed by atoms with Crippen molar-refractivity contribution in [3.8, 4) is 0 Å². The summed E-state index contributed by atoms with van der Waals surface area (Å²) in [4.78, 5) is 4.35. The quantitative estimate of drug-likeness (QED) is 0.497. The minimum absolute atomic E-state index is 0.524. The van der Waals surface area contributed by atoms with Gasteiger partial charge in [-0.15, -0.1) is 0 Å². The molecule has 2 heteroatoms. The van der Waals surface area contributed by atoms with E-state index in [9.17, 15) is 0 Å². The van der Waals surface area contributed by atoms with E-state index in [0.717, 1.165) is 11.8 Å². The van der Waals surface area contributed by atoms with E-state index in [0.29, 0.717) is 6.04 Å². The second kappa shape index (κ2) is 5.04. The molecule has 14 heavy (non-hydrogen) atoms. The van der Waals surface area contributed by atoms with Crippen molar-refractivity contribution in [3.05, 3.63) is 0 Å². The summed E-state index contributed by atoms with van der Waals surface area (Å²) >= 11 is 4.73. The van der Waals surface area contributed by atoms with Crippen LogP contribution in [0.3, 0.4) is 0 Å². The fourth-order valence-corrected chi connectivity index (χ4v) is 3.44. The molecule has 2 rings (SSSR count). The molecule has 78 valence electrons. The molecule has 2 fully saturated rings. The van der Waals surface area contributed by atoms with Gasteiger partial charge in [-0.3, -0.25) is 0 Å². The van der Waals surface area contributed by atoms with Gasteiger partial charge in [0.25, 0.3) is 0 Å². The fourth-order valence-electron chi connectivity index (χ4n) is 3.31. The van der Waals surface area contributed by atoms with E-state index in [2.05, 4.69) is 10.2 Å². The number of isothiocyanates is 1. The highest BCUT2D eigenvalue weighted by Gasteiger charge is 2.33. The second-order valence-electron chi connectivity index (χ2n) is 4.78. The molecule has 2 aliphatic rings. The van der Waals surface area contributed by atoms with E-state index in [1.807, 2.05) is 0 Å². The van der Waals surface area contributed by atoms with Gasteiger partial charge < -0.3 is 0 Å². The third-order valence-corrected chi connectivity index (χ3v) is 4.11. The van der Waals surface area contributed by atoms with Gasteiger partial charge in [-0.05, 0) is 36.9 Å². The van der Waals surface area contributed by atoms with Gasteiger partial charge in [0.1, 0.15) is 0 Å². The molecule has 0 spiro atoms. The summed E-state index contributed by atoms with van der Waals surface area (Å²) in [5.74, 6) is 1.79. The van der Waals surface area contributed by atoms with Crippen LogP contribution in [0.25, 0.3) is 0 Å². The minimum atomic E-state index is 0.524. The second-order valence-corrected chi connectivity index (χ2v) is 4.96. The van der Waals surface area contributed by atoms with Gasteiger partial charge in [0.15, 0.2) is 0 Å². The monoisotopic (exact) mass is 209 g/mol. The van der Waals surface area contributed by atoms with Gasteiger partial charge in [-0.25, -0.2) is 4.99 Å². The number of thiocarbonyl (C=S) groups is 1. The van der Waals surface area contributed by atoms with Crippen molar-refractivity contribution in [2.24, 2.45) is 16.8 Å². The van der Waals surface area contributed by atoms with Crippen molar-refractivity contribution < 1.29 is 0 Å². The molecule has 0 aromatic carbocycles. The highest BCUT2D eigenvalue weighted by atomic mass is 32.1. The Bertz CT molecular complexity index is 226. The van der Waals surface area contributed by atoms with E-state index in [1.54, 1.807) is 0 Å². The maximum atomic E-state index is 4.73. The van der Waals surface area contributed by atoms with Gasteiger partial charge in [0.05, 0.1) is 11.2 Å². The van der Waals surface area contributed by atoms with Gasteiger partial charge in [0.2, 0.25) is 0 Å². The normalized spacial score (nSPS) is 34.0. The third-order valence-electron chi connectivity index (χ3n) is 4.01. The predicted molar refractivity (Wildman–Crippen MR) is 62.7 cm³/mol. The Morgan fingerprint density at radius 1 is 0.929 bits per heavy atom. The lowest BCUT2D eigenvalue weighted by Gasteiger charge is -2.29. The van der Waals surface area contributed by atoms with E-state index in [-0.39, 0.29) is 0 Å². The average molecular weight is 209 g/mol. The topological polar surface area (TPSA) is 12.4 Å². The zero-order chi connectivity index (χ0) is 9.80. The molecule has 0 radical (unpaired) electrons. The average Bonchev–Trinajstić information content (AvgIpc) is 2.68. The van der Waals surface area contributed by atoms with Crippen LogP contribution in [-0.4, -0.2) is 11.2 Å². The molecule has 1 nitrogen and oxygen atoms in total. The summed E-state index contributed by atoms with van der Waals surface area (Å²) in [6.45, 7) is 0. The third kappa shape index (κ3) is 2.24. The van der Waals surface area contributed by atoms with Crippen molar-refractivity contribution in [1.82, 2.24) is 0 Å². The molecular formula is C12H19NS. The molecule has 0 N–H and O–H groups in total. The SMILES string of the molecule is S=C=N[C@H]1CCC[C@H]1C1CCCCC1. The zero-order valence-corrected chi connectivity index (χ0v) is 9.56. The summed E-state index contributed by atoms with van der Waals surface area (Å²) in [5, 5.41) is 2.59. The Morgan fingerprint density at radius 2 is 1.71 bits per heavy atom. The van der Waals surface area contributed by atoms with Crippen LogP contribution in [0.1, 0.15) is 51.4 Å². The first-order chi connectivity index (χ1) is 6.92. The maximum absolute atomic E-state index is 4.73. The number of aliphatic imine (C=N–C) groups is 1. The Morgan fingerprint density at radius 3 is 2.43 bits per heavy atom. The lowest BCUT2D eigenvalue weighted by Crippen LogP contribution is -2.23. The van der Waals surface area contributed by atoms with E-state index >= 15 is 0 Å². The van der Waals surface area contributed by atoms with Gasteiger partial charge >= 0.3 is 0 Å². The molecule has 2 aliphatic carbocycles. The molecule has 0 bridgehead atoms. The first-order valence-electron chi connectivity index (χ1n) is 5.99. The number of rotatable bonds is 2. The molecule has 0 unspecified atom stereocenters. The van der Waals surface area contributed by atoms with Crippen LogP contribution in [0.5, 0.6) is 0 Å². The number of nitrogens with zero attached hydrogens (tertiary/aromatic N) is 1. The van der Waals surface area contributed by atoms with Gasteiger partial charge in [-0.2, -0.15) is 0 Å². The Kier molecular flexibility index (Phi) is 3.72. The predicted octanol–water partition coefficient (Wildman–Crippen LogP) is 3.84. The summed E-state index contributed by atoms with van der Waals surface area (Å²) in [6.07, 6.45) is 11.2. The molecule has 0 aromatic rings. The zero-order valence-electron chi connectivity index (χ0n) is 8.74. The fraction of sp³-hybridized carbons (Fsp3) is 0.917. The van der Waals surface area contributed by atoms with Crippen molar-refractivity contribution in [2.75, 3.05) is 0 Å². The van der Waals surface area contributed by atoms with Crippen LogP contribution < -0.4 is 0 Å². The maximum Gasteiger partial charge on any atom is 0.0633 e. The molecule has 0 aliphatic heterocycles. The van der Waals surface area contributed by atoms with Crippen molar-refractivity contribution in [3.63, 3.8) is 0 Å². The van der Waals surface area contributed by atoms with E-state index in [4.69, 9.17) is 12.2 Å². The molecule has 0 aromatic heterocycles. The first kappa shape index (κ1) is 10.3. The molecule has 0 heterocycles. The van der Waals surface area contributed by atoms with Crippen LogP contribution in [0.4, 0.5) is 0 Å². The molecule has 0 saturated heterocycles. The highest BCUT2D eigenvalue weighted by molar-refractivity contribution is 7.78. The van der Waals surface area contributed by atoms with E-state index < -0.39 is 0 Å². The lowest BCUT2D eigenvalue weighted by molar-refractivity contribution is 0.236.